The van der Waals surface area contributed by atoms with Gasteiger partial charge in [0.05, 0.1) is 25.5 Å². The predicted molar refractivity (Wildman–Crippen MR) is 111 cm³/mol. The number of halogens is 1. The first-order chi connectivity index (χ1) is 14.4. The summed E-state index contributed by atoms with van der Waals surface area (Å²) in [5.41, 5.74) is 5.89. The maximum absolute atomic E-state index is 14.1. The zero-order valence-corrected chi connectivity index (χ0v) is 18.0. The van der Waals surface area contributed by atoms with Gasteiger partial charge in [0.2, 0.25) is 10.0 Å². The van der Waals surface area contributed by atoms with Crippen LogP contribution >= 0.6 is 0 Å². The van der Waals surface area contributed by atoms with Crippen LogP contribution in [0.2, 0.25) is 0 Å². The van der Waals surface area contributed by atoms with E-state index >= 15 is 0 Å². The highest BCUT2D eigenvalue weighted by atomic mass is 32.2. The Labute approximate surface area is 177 Å². The van der Waals surface area contributed by atoms with Gasteiger partial charge in [-0.3, -0.25) is 4.79 Å². The molecule has 30 heavy (non-hydrogen) atoms. The van der Waals surface area contributed by atoms with E-state index < -0.39 is 21.8 Å². The van der Waals surface area contributed by atoms with E-state index in [1.165, 1.54) is 6.07 Å². The van der Waals surface area contributed by atoms with Gasteiger partial charge in [-0.05, 0) is 74.5 Å². The van der Waals surface area contributed by atoms with Gasteiger partial charge in [-0.1, -0.05) is 6.07 Å². The fourth-order valence-electron chi connectivity index (χ4n) is 3.25. The molecule has 1 aromatic rings. The molecular weight excluding hydrogens is 411 g/mol. The van der Waals surface area contributed by atoms with E-state index in [1.807, 2.05) is 0 Å². The molecule has 7 nitrogen and oxygen atoms in total. The molecule has 1 unspecified atom stereocenters. The average molecular weight is 443 g/mol. The summed E-state index contributed by atoms with van der Waals surface area (Å²) in [4.78, 5) is 11.0. The third kappa shape index (κ3) is 7.52. The molecule has 0 radical (unpaired) electrons. The molecule has 2 aliphatic carbocycles. The Morgan fingerprint density at radius 1 is 1.20 bits per heavy atom. The monoisotopic (exact) mass is 442 g/mol. The molecule has 0 saturated heterocycles. The number of nitrogens with two attached hydrogens (primary N) is 1. The minimum atomic E-state index is -3.49. The van der Waals surface area contributed by atoms with Crippen LogP contribution in [0, 0.1) is 17.7 Å². The molecule has 0 spiro atoms. The Bertz CT molecular complexity index is 825. The molecule has 9 heteroatoms. The molecule has 0 heterocycles. The molecule has 0 bridgehead atoms. The van der Waals surface area contributed by atoms with Gasteiger partial charge in [-0.25, -0.2) is 17.5 Å². The Balaban J connectivity index is 1.52. The maximum atomic E-state index is 14.1. The van der Waals surface area contributed by atoms with Crippen LogP contribution in [-0.2, 0) is 19.6 Å². The van der Waals surface area contributed by atoms with E-state index in [2.05, 4.69) is 4.72 Å². The van der Waals surface area contributed by atoms with Crippen LogP contribution < -0.4 is 15.2 Å². The number of rotatable bonds is 14. The van der Waals surface area contributed by atoms with Crippen molar-refractivity contribution in [2.45, 2.75) is 51.0 Å². The zero-order valence-electron chi connectivity index (χ0n) is 17.1. The molecule has 3 rings (SSSR count). The summed E-state index contributed by atoms with van der Waals surface area (Å²) in [5, 5.41) is 0. The number of sulfonamides is 1. The molecule has 2 aliphatic rings. The number of nitrogens with one attached hydrogen (secondary N) is 1. The molecule has 3 N–H and O–H groups in total. The summed E-state index contributed by atoms with van der Waals surface area (Å²) >= 11 is 0. The number of hydrogen-bond acceptors (Lipinski definition) is 6. The van der Waals surface area contributed by atoms with Crippen molar-refractivity contribution in [3.8, 4) is 5.75 Å². The van der Waals surface area contributed by atoms with E-state index in [-0.39, 0.29) is 36.6 Å². The second kappa shape index (κ2) is 10.5. The first kappa shape index (κ1) is 23.0. The van der Waals surface area contributed by atoms with Gasteiger partial charge in [0.1, 0.15) is 0 Å². The average Bonchev–Trinajstić information content (AvgIpc) is 3.62. The third-order valence-corrected chi connectivity index (χ3v) is 6.81. The summed E-state index contributed by atoms with van der Waals surface area (Å²) in [6, 6.07) is 4.25. The SMILES string of the molecule is NCC(=O)OCCCCCS(=O)(=O)NC(c1ccc(F)c(OCC2CC2)c1)C1CC1. The molecular formula is C21H31FN2O5S. The lowest BCUT2D eigenvalue weighted by molar-refractivity contribution is -0.142. The largest absolute Gasteiger partial charge is 0.490 e. The van der Waals surface area contributed by atoms with Gasteiger partial charge in [-0.2, -0.15) is 0 Å². The number of carbonyl (C=O) groups is 1. The highest BCUT2D eigenvalue weighted by Crippen LogP contribution is 2.42. The van der Waals surface area contributed by atoms with Crippen LogP contribution in [0.3, 0.4) is 0 Å². The Kier molecular flexibility index (Phi) is 8.07. The molecule has 168 valence electrons. The topological polar surface area (TPSA) is 108 Å². The van der Waals surface area contributed by atoms with Crippen LogP contribution in [0.25, 0.3) is 0 Å². The fraction of sp³-hybridized carbons (Fsp3) is 0.667. The standard InChI is InChI=1S/C21H31FN2O5S/c22-18-9-8-17(12-19(18)29-14-15-4-5-15)21(16-6-7-16)24-30(26,27)11-3-1-2-10-28-20(25)13-23/h8-9,12,15-16,21,24H,1-7,10-11,13-14,23H2. The second-order valence-corrected chi connectivity index (χ2v) is 10.1. The number of hydrogen-bond donors (Lipinski definition) is 2. The van der Waals surface area contributed by atoms with E-state index in [0.717, 1.165) is 31.2 Å². The normalized spacial score (nSPS) is 17.5. The van der Waals surface area contributed by atoms with Gasteiger partial charge in [-0.15, -0.1) is 0 Å². The zero-order chi connectivity index (χ0) is 21.6. The molecule has 0 amide bonds. The number of esters is 1. The number of benzene rings is 1. The fourth-order valence-corrected chi connectivity index (χ4v) is 4.67. The molecule has 1 aromatic carbocycles. The van der Waals surface area contributed by atoms with Crippen LogP contribution in [0.15, 0.2) is 18.2 Å². The Hall–Kier alpha value is -1.71. The van der Waals surface area contributed by atoms with Crippen molar-refractivity contribution in [2.75, 3.05) is 25.5 Å². The minimum absolute atomic E-state index is 0.00666. The lowest BCUT2D eigenvalue weighted by atomic mass is 10.0. The second-order valence-electron chi connectivity index (χ2n) is 8.18. The van der Waals surface area contributed by atoms with E-state index in [1.54, 1.807) is 12.1 Å². The third-order valence-electron chi connectivity index (χ3n) is 5.37. The molecule has 1 atom stereocenters. The van der Waals surface area contributed by atoms with Gasteiger partial charge >= 0.3 is 5.97 Å². The van der Waals surface area contributed by atoms with Gasteiger partial charge < -0.3 is 15.2 Å². The van der Waals surface area contributed by atoms with Gasteiger partial charge in [0.25, 0.3) is 0 Å². The van der Waals surface area contributed by atoms with Crippen molar-refractivity contribution >= 4 is 16.0 Å². The Morgan fingerprint density at radius 3 is 2.63 bits per heavy atom. The first-order valence-corrected chi connectivity index (χ1v) is 12.3. The lowest BCUT2D eigenvalue weighted by Gasteiger charge is -2.20. The van der Waals surface area contributed by atoms with Crippen molar-refractivity contribution in [2.24, 2.45) is 17.6 Å². The van der Waals surface area contributed by atoms with Crippen molar-refractivity contribution in [1.82, 2.24) is 4.72 Å². The number of carbonyl (C=O) groups excluding carboxylic acids is 1. The van der Waals surface area contributed by atoms with Crippen molar-refractivity contribution in [1.29, 1.82) is 0 Å². The quantitative estimate of drug-likeness (QED) is 0.339. The van der Waals surface area contributed by atoms with E-state index in [0.29, 0.717) is 31.8 Å². The lowest BCUT2D eigenvalue weighted by Crippen LogP contribution is -2.32. The van der Waals surface area contributed by atoms with Gasteiger partial charge in [0.15, 0.2) is 11.6 Å². The van der Waals surface area contributed by atoms with E-state index in [9.17, 15) is 17.6 Å². The molecule has 2 fully saturated rings. The van der Waals surface area contributed by atoms with Crippen LogP contribution in [0.5, 0.6) is 5.75 Å². The molecule has 0 aromatic heterocycles. The van der Waals surface area contributed by atoms with Gasteiger partial charge in [0, 0.05) is 6.04 Å². The smallest absolute Gasteiger partial charge is 0.319 e. The summed E-state index contributed by atoms with van der Waals surface area (Å²) < 4.78 is 52.6. The Morgan fingerprint density at radius 2 is 1.97 bits per heavy atom. The van der Waals surface area contributed by atoms with Crippen LogP contribution in [0.1, 0.15) is 56.6 Å². The first-order valence-electron chi connectivity index (χ1n) is 10.7. The summed E-state index contributed by atoms with van der Waals surface area (Å²) in [7, 11) is -3.49. The maximum Gasteiger partial charge on any atom is 0.319 e. The summed E-state index contributed by atoms with van der Waals surface area (Å²) in [6.45, 7) is 0.589. The minimum Gasteiger partial charge on any atom is -0.490 e. The number of ether oxygens (including phenoxy) is 2. The summed E-state index contributed by atoms with van der Waals surface area (Å²) in [5.74, 6) is 0.0226. The van der Waals surface area contributed by atoms with Crippen molar-refractivity contribution in [3.05, 3.63) is 29.6 Å². The van der Waals surface area contributed by atoms with E-state index in [4.69, 9.17) is 15.2 Å². The van der Waals surface area contributed by atoms with Crippen LogP contribution in [0.4, 0.5) is 4.39 Å². The van der Waals surface area contributed by atoms with Crippen molar-refractivity contribution < 1.29 is 27.1 Å². The predicted octanol–water partition coefficient (Wildman–Crippen LogP) is 2.66. The van der Waals surface area contributed by atoms with Crippen LogP contribution in [-0.4, -0.2) is 39.9 Å². The van der Waals surface area contributed by atoms with Crippen molar-refractivity contribution in [3.63, 3.8) is 0 Å². The molecule has 0 aliphatic heterocycles. The summed E-state index contributed by atoms with van der Waals surface area (Å²) in [6.07, 6.45) is 5.79. The highest BCUT2D eigenvalue weighted by Gasteiger charge is 2.35. The number of unbranched alkanes of at least 4 members (excludes halogenated alkanes) is 2. The highest BCUT2D eigenvalue weighted by molar-refractivity contribution is 7.89. The molecule has 2 saturated carbocycles.